The number of nitrogens with one attached hydrogen (secondary N) is 2. The smallest absolute Gasteiger partial charge is 0.136 e. The predicted molar refractivity (Wildman–Crippen MR) is 135 cm³/mol. The first-order chi connectivity index (χ1) is 16.6. The van der Waals surface area contributed by atoms with E-state index in [0.717, 1.165) is 101 Å². The van der Waals surface area contributed by atoms with Gasteiger partial charge in [-0.25, -0.2) is 9.97 Å². The molecule has 8 heteroatoms. The van der Waals surface area contributed by atoms with Gasteiger partial charge in [-0.05, 0) is 62.0 Å². The molecule has 8 nitrogen and oxygen atoms in total. The van der Waals surface area contributed by atoms with Crippen molar-refractivity contribution in [2.24, 2.45) is 0 Å². The molecule has 0 aliphatic carbocycles. The number of aryl methyl sites for hydroxylation is 2. The van der Waals surface area contributed by atoms with Crippen molar-refractivity contribution in [3.8, 4) is 0 Å². The van der Waals surface area contributed by atoms with Crippen LogP contribution in [0.4, 0.5) is 17.3 Å². The summed E-state index contributed by atoms with van der Waals surface area (Å²) < 4.78 is 10.9. The first kappa shape index (κ1) is 23.2. The summed E-state index contributed by atoms with van der Waals surface area (Å²) in [5.74, 6) is 3.08. The van der Waals surface area contributed by atoms with Crippen LogP contribution in [0, 0.1) is 12.3 Å². The Morgan fingerprint density at radius 1 is 1.06 bits per heavy atom. The lowest BCUT2D eigenvalue weighted by molar-refractivity contribution is -0.0712. The van der Waals surface area contributed by atoms with Gasteiger partial charge in [0.25, 0.3) is 0 Å². The quantitative estimate of drug-likeness (QED) is 0.607. The molecule has 1 aromatic carbocycles. The molecule has 0 radical (unpaired) electrons. The zero-order valence-corrected chi connectivity index (χ0v) is 20.3. The van der Waals surface area contributed by atoms with E-state index in [4.69, 9.17) is 24.9 Å². The van der Waals surface area contributed by atoms with E-state index < -0.39 is 0 Å². The second kappa shape index (κ2) is 10.4. The molecule has 1 aromatic heterocycles. The highest BCUT2D eigenvalue weighted by Crippen LogP contribution is 2.35. The zero-order chi connectivity index (χ0) is 23.5. The van der Waals surface area contributed by atoms with Gasteiger partial charge in [-0.2, -0.15) is 0 Å². The lowest BCUT2D eigenvalue weighted by atomic mass is 9.85. The van der Waals surface area contributed by atoms with Crippen molar-refractivity contribution in [3.05, 3.63) is 40.7 Å². The molecule has 4 heterocycles. The molecule has 0 amide bonds. The molecule has 3 aliphatic heterocycles. The molecule has 34 heavy (non-hydrogen) atoms. The third-order valence-electron chi connectivity index (χ3n) is 7.37. The topological polar surface area (TPSA) is 86.6 Å². The van der Waals surface area contributed by atoms with Crippen molar-refractivity contribution in [1.82, 2.24) is 14.9 Å². The standard InChI is InChI=1S/C26H36N6O2/c1-3-24-29-25(14-26(30-24)32-8-10-33-11-9-32)28-23-13-22(18(2)12-20(23)15-27)19-4-6-31(7-5-19)21-16-34-17-21/h12-15,19,21,27H,3-11,16-17H2,1-2H3,(H,28,29,30). The van der Waals surface area contributed by atoms with Crippen LogP contribution >= 0.6 is 0 Å². The number of aromatic nitrogens is 2. The first-order valence-electron chi connectivity index (χ1n) is 12.6. The molecule has 3 aliphatic rings. The third kappa shape index (κ3) is 4.94. The predicted octanol–water partition coefficient (Wildman–Crippen LogP) is 3.50. The molecule has 0 atom stereocenters. The highest BCUT2D eigenvalue weighted by molar-refractivity contribution is 5.88. The number of piperidine rings is 1. The number of rotatable bonds is 7. The van der Waals surface area contributed by atoms with Crippen molar-refractivity contribution in [2.75, 3.05) is 62.8 Å². The Labute approximate surface area is 202 Å². The normalized spacial score (nSPS) is 20.2. The van der Waals surface area contributed by atoms with E-state index in [9.17, 15) is 0 Å². The van der Waals surface area contributed by atoms with Gasteiger partial charge in [0.1, 0.15) is 17.5 Å². The lowest BCUT2D eigenvalue weighted by Gasteiger charge is -2.41. The number of benzene rings is 1. The molecule has 182 valence electrons. The van der Waals surface area contributed by atoms with E-state index in [1.165, 1.54) is 17.3 Å². The van der Waals surface area contributed by atoms with Crippen LogP contribution in [0.25, 0.3) is 0 Å². The van der Waals surface area contributed by atoms with E-state index >= 15 is 0 Å². The van der Waals surface area contributed by atoms with E-state index in [0.29, 0.717) is 12.0 Å². The summed E-state index contributed by atoms with van der Waals surface area (Å²) in [6.45, 7) is 11.4. The monoisotopic (exact) mass is 464 g/mol. The van der Waals surface area contributed by atoms with Gasteiger partial charge in [0.05, 0.1) is 32.5 Å². The van der Waals surface area contributed by atoms with Gasteiger partial charge in [0.15, 0.2) is 0 Å². The Morgan fingerprint density at radius 2 is 1.82 bits per heavy atom. The van der Waals surface area contributed by atoms with Crippen molar-refractivity contribution in [1.29, 1.82) is 5.41 Å². The molecule has 0 unspecified atom stereocenters. The van der Waals surface area contributed by atoms with Gasteiger partial charge < -0.3 is 25.1 Å². The van der Waals surface area contributed by atoms with Crippen molar-refractivity contribution in [2.45, 2.75) is 45.1 Å². The second-order valence-electron chi connectivity index (χ2n) is 9.55. The summed E-state index contributed by atoms with van der Waals surface area (Å²) in [6, 6.07) is 7.04. The first-order valence-corrected chi connectivity index (χ1v) is 12.6. The largest absolute Gasteiger partial charge is 0.378 e. The number of likely N-dealkylation sites (tertiary alicyclic amines) is 1. The van der Waals surface area contributed by atoms with Crippen molar-refractivity contribution < 1.29 is 9.47 Å². The van der Waals surface area contributed by atoms with E-state index in [1.807, 2.05) is 6.07 Å². The highest BCUT2D eigenvalue weighted by Gasteiger charge is 2.30. The Balaban J connectivity index is 1.38. The maximum absolute atomic E-state index is 8.01. The van der Waals surface area contributed by atoms with E-state index in [1.54, 1.807) is 0 Å². The van der Waals surface area contributed by atoms with E-state index in [-0.39, 0.29) is 0 Å². The Kier molecular flexibility index (Phi) is 7.08. The Hall–Kier alpha value is -2.55. The van der Waals surface area contributed by atoms with Crippen LogP contribution in [0.3, 0.4) is 0 Å². The Bertz CT molecular complexity index is 1010. The van der Waals surface area contributed by atoms with Crippen LogP contribution in [-0.4, -0.2) is 79.7 Å². The minimum absolute atomic E-state index is 0.540. The van der Waals surface area contributed by atoms with Gasteiger partial charge >= 0.3 is 0 Å². The number of nitrogens with zero attached hydrogens (tertiary/aromatic N) is 4. The minimum Gasteiger partial charge on any atom is -0.378 e. The fraction of sp³-hybridized carbons (Fsp3) is 0.577. The molecule has 2 aromatic rings. The highest BCUT2D eigenvalue weighted by atomic mass is 16.5. The number of hydrogen-bond acceptors (Lipinski definition) is 8. The number of anilines is 3. The molecule has 3 fully saturated rings. The van der Waals surface area contributed by atoms with E-state index in [2.05, 4.69) is 41.1 Å². The zero-order valence-electron chi connectivity index (χ0n) is 20.3. The molecule has 3 saturated heterocycles. The molecule has 0 spiro atoms. The fourth-order valence-electron chi connectivity index (χ4n) is 5.22. The lowest BCUT2D eigenvalue weighted by Crippen LogP contribution is -2.51. The van der Waals surface area contributed by atoms with Crippen molar-refractivity contribution in [3.63, 3.8) is 0 Å². The average Bonchev–Trinajstić information content (AvgIpc) is 2.84. The molecule has 0 bridgehead atoms. The van der Waals surface area contributed by atoms with Crippen LogP contribution in [0.5, 0.6) is 0 Å². The molecule has 2 N–H and O–H groups in total. The number of hydrogen-bond donors (Lipinski definition) is 2. The fourth-order valence-corrected chi connectivity index (χ4v) is 5.22. The number of ether oxygens (including phenoxy) is 2. The third-order valence-corrected chi connectivity index (χ3v) is 7.37. The van der Waals surface area contributed by atoms with Crippen LogP contribution < -0.4 is 10.2 Å². The molecular weight excluding hydrogens is 428 g/mol. The second-order valence-corrected chi connectivity index (χ2v) is 9.55. The SMILES string of the molecule is CCc1nc(Nc2cc(C3CCN(C4COC4)CC3)c(C)cc2C=N)cc(N2CCOCC2)n1. The summed E-state index contributed by atoms with van der Waals surface area (Å²) in [7, 11) is 0. The van der Waals surface area contributed by atoms with Gasteiger partial charge in [0.2, 0.25) is 0 Å². The summed E-state index contributed by atoms with van der Waals surface area (Å²) in [4.78, 5) is 14.4. The van der Waals surface area contributed by atoms with Crippen LogP contribution in [0.2, 0.25) is 0 Å². The van der Waals surface area contributed by atoms with Crippen LogP contribution in [-0.2, 0) is 15.9 Å². The van der Waals surface area contributed by atoms with Gasteiger partial charge in [0, 0.05) is 43.0 Å². The molecule has 0 saturated carbocycles. The van der Waals surface area contributed by atoms with Gasteiger partial charge in [-0.3, -0.25) is 4.90 Å². The van der Waals surface area contributed by atoms with Gasteiger partial charge in [-0.15, -0.1) is 0 Å². The summed E-state index contributed by atoms with van der Waals surface area (Å²) in [5, 5.41) is 11.5. The molecule has 5 rings (SSSR count). The average molecular weight is 465 g/mol. The van der Waals surface area contributed by atoms with Crippen LogP contribution in [0.15, 0.2) is 18.2 Å². The van der Waals surface area contributed by atoms with Crippen LogP contribution in [0.1, 0.15) is 48.2 Å². The number of morpholine rings is 1. The summed E-state index contributed by atoms with van der Waals surface area (Å²) in [6.07, 6.45) is 4.53. The maximum atomic E-state index is 8.01. The molecular formula is C26H36N6O2. The van der Waals surface area contributed by atoms with Gasteiger partial charge in [-0.1, -0.05) is 6.92 Å². The van der Waals surface area contributed by atoms with Crippen molar-refractivity contribution >= 4 is 23.5 Å². The summed E-state index contributed by atoms with van der Waals surface area (Å²) >= 11 is 0. The minimum atomic E-state index is 0.540. The Morgan fingerprint density at radius 3 is 2.47 bits per heavy atom. The maximum Gasteiger partial charge on any atom is 0.136 e. The summed E-state index contributed by atoms with van der Waals surface area (Å²) in [5.41, 5.74) is 4.48.